The van der Waals surface area contributed by atoms with Gasteiger partial charge in [0.15, 0.2) is 0 Å². The van der Waals surface area contributed by atoms with Crippen molar-refractivity contribution in [2.24, 2.45) is 0 Å². The molecule has 0 fully saturated rings. The third-order valence-electron chi connectivity index (χ3n) is 2.85. The lowest BCUT2D eigenvalue weighted by Crippen LogP contribution is -2.18. The lowest BCUT2D eigenvalue weighted by molar-refractivity contribution is 0.627. The molecule has 1 atom stereocenters. The van der Waals surface area contributed by atoms with Crippen LogP contribution in [0.3, 0.4) is 0 Å². The Balaban J connectivity index is 2.08. The van der Waals surface area contributed by atoms with Crippen molar-refractivity contribution in [3.63, 3.8) is 0 Å². The van der Waals surface area contributed by atoms with E-state index in [-0.39, 0.29) is 11.9 Å². The van der Waals surface area contributed by atoms with Gasteiger partial charge in [-0.05, 0) is 59.1 Å². The fraction of sp³-hybridized carbons (Fsp3) is 0.200. The van der Waals surface area contributed by atoms with E-state index in [0.29, 0.717) is 9.50 Å². The van der Waals surface area contributed by atoms with Gasteiger partial charge in [0.1, 0.15) is 5.82 Å². The zero-order valence-corrected chi connectivity index (χ0v) is 14.7. The smallest absolute Gasteiger partial charge is 0.125 e. The topological polar surface area (TPSA) is 12.0 Å². The second kappa shape index (κ2) is 6.92. The molecular formula is C15H13Br2ClFN. The van der Waals surface area contributed by atoms with E-state index < -0.39 is 0 Å². The van der Waals surface area contributed by atoms with Gasteiger partial charge in [-0.1, -0.05) is 39.7 Å². The molecule has 0 aliphatic carbocycles. The van der Waals surface area contributed by atoms with E-state index in [1.165, 1.54) is 17.7 Å². The summed E-state index contributed by atoms with van der Waals surface area (Å²) in [7, 11) is 0. The predicted octanol–water partition coefficient (Wildman–Crippen LogP) is 6.05. The third kappa shape index (κ3) is 4.21. The van der Waals surface area contributed by atoms with E-state index in [2.05, 4.69) is 56.2 Å². The molecular weight excluding hydrogens is 408 g/mol. The van der Waals surface area contributed by atoms with Crippen molar-refractivity contribution >= 4 is 49.1 Å². The van der Waals surface area contributed by atoms with Crippen LogP contribution in [-0.4, -0.2) is 6.04 Å². The SMILES string of the molecule is CC(Cc1ccc(Br)cc1)Nc1c(Cl)cc(F)cc1Br. The molecule has 0 spiro atoms. The minimum Gasteiger partial charge on any atom is -0.380 e. The molecule has 0 bridgehead atoms. The molecule has 0 aromatic heterocycles. The molecule has 1 nitrogen and oxygen atoms in total. The van der Waals surface area contributed by atoms with E-state index in [9.17, 15) is 4.39 Å². The summed E-state index contributed by atoms with van der Waals surface area (Å²) in [5, 5.41) is 3.69. The van der Waals surface area contributed by atoms with Gasteiger partial charge < -0.3 is 5.32 Å². The number of rotatable bonds is 4. The molecule has 2 aromatic rings. The lowest BCUT2D eigenvalue weighted by Gasteiger charge is -2.18. The minimum atomic E-state index is -0.354. The first kappa shape index (κ1) is 15.8. The van der Waals surface area contributed by atoms with Crippen molar-refractivity contribution < 1.29 is 4.39 Å². The molecule has 0 saturated carbocycles. The standard InChI is InChI=1S/C15H13Br2ClFN/c1-9(6-10-2-4-11(16)5-3-10)20-15-13(17)7-12(19)8-14(15)18/h2-5,7-9,20H,6H2,1H3. The Hall–Kier alpha value is -0.580. The number of anilines is 1. The maximum Gasteiger partial charge on any atom is 0.125 e. The quantitative estimate of drug-likeness (QED) is 0.634. The molecule has 0 aliphatic rings. The first-order valence-electron chi connectivity index (χ1n) is 6.11. The molecule has 2 aromatic carbocycles. The third-order valence-corrected chi connectivity index (χ3v) is 4.30. The maximum atomic E-state index is 13.2. The fourth-order valence-corrected chi connectivity index (χ4v) is 3.14. The zero-order valence-electron chi connectivity index (χ0n) is 10.8. The van der Waals surface area contributed by atoms with Gasteiger partial charge in [0.05, 0.1) is 10.7 Å². The van der Waals surface area contributed by atoms with Crippen LogP contribution in [0.25, 0.3) is 0 Å². The first-order valence-corrected chi connectivity index (χ1v) is 8.07. The Morgan fingerprint density at radius 3 is 2.45 bits per heavy atom. The second-order valence-electron chi connectivity index (χ2n) is 4.62. The summed E-state index contributed by atoms with van der Waals surface area (Å²) < 4.78 is 14.9. The Bertz CT molecular complexity index is 578. The van der Waals surface area contributed by atoms with Crippen LogP contribution in [-0.2, 0) is 6.42 Å². The van der Waals surface area contributed by atoms with Crippen molar-refractivity contribution in [3.05, 3.63) is 61.7 Å². The molecule has 5 heteroatoms. The van der Waals surface area contributed by atoms with Crippen molar-refractivity contribution in [2.75, 3.05) is 5.32 Å². The number of benzene rings is 2. The van der Waals surface area contributed by atoms with Gasteiger partial charge in [-0.25, -0.2) is 4.39 Å². The van der Waals surface area contributed by atoms with Gasteiger partial charge in [0.2, 0.25) is 0 Å². The second-order valence-corrected chi connectivity index (χ2v) is 6.80. The van der Waals surface area contributed by atoms with Gasteiger partial charge in [0, 0.05) is 15.0 Å². The molecule has 2 rings (SSSR count). The summed E-state index contributed by atoms with van der Waals surface area (Å²) in [6.45, 7) is 2.06. The van der Waals surface area contributed by atoms with Gasteiger partial charge in [0.25, 0.3) is 0 Å². The number of halogens is 4. The highest BCUT2D eigenvalue weighted by atomic mass is 79.9. The van der Waals surface area contributed by atoms with Gasteiger partial charge in [-0.3, -0.25) is 0 Å². The van der Waals surface area contributed by atoms with Gasteiger partial charge >= 0.3 is 0 Å². The summed E-state index contributed by atoms with van der Waals surface area (Å²) in [5.41, 5.74) is 1.94. The molecule has 106 valence electrons. The Kier molecular flexibility index (Phi) is 5.47. The monoisotopic (exact) mass is 419 g/mol. The van der Waals surface area contributed by atoms with Crippen LogP contribution in [0.4, 0.5) is 10.1 Å². The zero-order chi connectivity index (χ0) is 14.7. The summed E-state index contributed by atoms with van der Waals surface area (Å²) in [5.74, 6) is -0.354. The van der Waals surface area contributed by atoms with Crippen LogP contribution in [0.15, 0.2) is 45.3 Å². The van der Waals surface area contributed by atoms with Crippen LogP contribution in [0.2, 0.25) is 5.02 Å². The van der Waals surface area contributed by atoms with Gasteiger partial charge in [-0.2, -0.15) is 0 Å². The van der Waals surface area contributed by atoms with E-state index in [1.54, 1.807) is 0 Å². The molecule has 0 saturated heterocycles. The van der Waals surface area contributed by atoms with E-state index >= 15 is 0 Å². The van der Waals surface area contributed by atoms with Crippen LogP contribution in [0, 0.1) is 5.82 Å². The average molecular weight is 422 g/mol. The molecule has 0 amide bonds. The minimum absolute atomic E-state index is 0.176. The van der Waals surface area contributed by atoms with E-state index in [0.717, 1.165) is 16.6 Å². The van der Waals surface area contributed by atoms with Crippen molar-refractivity contribution in [2.45, 2.75) is 19.4 Å². The molecule has 20 heavy (non-hydrogen) atoms. The molecule has 0 radical (unpaired) electrons. The molecule has 0 aliphatic heterocycles. The van der Waals surface area contributed by atoms with Gasteiger partial charge in [-0.15, -0.1) is 0 Å². The largest absolute Gasteiger partial charge is 0.380 e. The predicted molar refractivity (Wildman–Crippen MR) is 90.0 cm³/mol. The average Bonchev–Trinajstić information content (AvgIpc) is 2.36. The first-order chi connectivity index (χ1) is 9.45. The Morgan fingerprint density at radius 1 is 1.20 bits per heavy atom. The van der Waals surface area contributed by atoms with Crippen molar-refractivity contribution in [1.29, 1.82) is 0 Å². The normalized spacial score (nSPS) is 12.2. The highest BCUT2D eigenvalue weighted by molar-refractivity contribution is 9.10. The van der Waals surface area contributed by atoms with Crippen LogP contribution in [0.1, 0.15) is 12.5 Å². The van der Waals surface area contributed by atoms with E-state index in [4.69, 9.17) is 11.6 Å². The summed E-state index contributed by atoms with van der Waals surface area (Å²) >= 11 is 12.8. The molecule has 0 heterocycles. The molecule has 1 unspecified atom stereocenters. The maximum absolute atomic E-state index is 13.2. The van der Waals surface area contributed by atoms with Crippen molar-refractivity contribution in [3.8, 4) is 0 Å². The summed E-state index contributed by atoms with van der Waals surface area (Å²) in [6, 6.07) is 11.1. The van der Waals surface area contributed by atoms with E-state index in [1.807, 2.05) is 12.1 Å². The highest BCUT2D eigenvalue weighted by Crippen LogP contribution is 2.32. The summed E-state index contributed by atoms with van der Waals surface area (Å²) in [6.07, 6.45) is 0.855. The van der Waals surface area contributed by atoms with Crippen LogP contribution >= 0.6 is 43.5 Å². The lowest BCUT2D eigenvalue weighted by atomic mass is 10.1. The number of hydrogen-bond acceptors (Lipinski definition) is 1. The van der Waals surface area contributed by atoms with Crippen LogP contribution < -0.4 is 5.32 Å². The molecule has 1 N–H and O–H groups in total. The highest BCUT2D eigenvalue weighted by Gasteiger charge is 2.11. The summed E-state index contributed by atoms with van der Waals surface area (Å²) in [4.78, 5) is 0. The fourth-order valence-electron chi connectivity index (χ4n) is 1.95. The van der Waals surface area contributed by atoms with Crippen molar-refractivity contribution in [1.82, 2.24) is 0 Å². The number of hydrogen-bond donors (Lipinski definition) is 1. The Labute approximate surface area is 139 Å². The number of nitrogens with one attached hydrogen (secondary N) is 1. The van der Waals surface area contributed by atoms with Crippen LogP contribution in [0.5, 0.6) is 0 Å². The Morgan fingerprint density at radius 2 is 1.85 bits per heavy atom.